The summed E-state index contributed by atoms with van der Waals surface area (Å²) in [6.07, 6.45) is 0. The van der Waals surface area contributed by atoms with Crippen LogP contribution in [0, 0.1) is 0 Å². The second-order valence-electron chi connectivity index (χ2n) is 14.2. The zero-order chi connectivity index (χ0) is 36.6. The van der Waals surface area contributed by atoms with Crippen molar-refractivity contribution in [2.24, 2.45) is 0 Å². The van der Waals surface area contributed by atoms with Crippen LogP contribution >= 0.6 is 0 Å². The van der Waals surface area contributed by atoms with Crippen LogP contribution in [0.4, 0.5) is 17.1 Å². The molecule has 0 aliphatic carbocycles. The number of anilines is 3. The van der Waals surface area contributed by atoms with E-state index in [9.17, 15) is 0 Å². The van der Waals surface area contributed by atoms with Crippen molar-refractivity contribution >= 4 is 49.4 Å². The van der Waals surface area contributed by atoms with Crippen molar-refractivity contribution in [3.8, 4) is 44.5 Å². The number of fused-ring (bicyclic) bond motifs is 4. The van der Waals surface area contributed by atoms with Gasteiger partial charge in [0.1, 0.15) is 0 Å². The van der Waals surface area contributed by atoms with Crippen LogP contribution in [-0.4, -0.2) is 0 Å². The van der Waals surface area contributed by atoms with Crippen LogP contribution in [0.3, 0.4) is 0 Å². The third-order valence-corrected chi connectivity index (χ3v) is 10.8. The molecule has 258 valence electrons. The minimum absolute atomic E-state index is 1.10. The molecule has 0 radical (unpaired) electrons. The molecule has 0 amide bonds. The van der Waals surface area contributed by atoms with Gasteiger partial charge in [0.15, 0.2) is 0 Å². The van der Waals surface area contributed by atoms with E-state index in [4.69, 9.17) is 0 Å². The van der Waals surface area contributed by atoms with Crippen molar-refractivity contribution in [1.82, 2.24) is 0 Å². The van der Waals surface area contributed by atoms with E-state index in [-0.39, 0.29) is 0 Å². The highest BCUT2D eigenvalue weighted by molar-refractivity contribution is 6.09. The predicted molar refractivity (Wildman–Crippen MR) is 235 cm³/mol. The Morgan fingerprint density at radius 1 is 0.218 bits per heavy atom. The summed E-state index contributed by atoms with van der Waals surface area (Å²) in [7, 11) is 0. The Kier molecular flexibility index (Phi) is 8.24. The number of hydrogen-bond donors (Lipinski definition) is 0. The molecule has 0 aliphatic heterocycles. The average molecular weight is 700 g/mol. The van der Waals surface area contributed by atoms with Crippen LogP contribution in [0.2, 0.25) is 0 Å². The fraction of sp³-hybridized carbons (Fsp3) is 0. The summed E-state index contributed by atoms with van der Waals surface area (Å²) in [6, 6.07) is 81.6. The SMILES string of the molecule is c1ccc(-c2ccc(N(c3cccc(-c4cccc(-c5ccc6ccccc6c5)c4)c3)c3ccc4ccc5ccccc5c4c3)cc2-c2ccccc2)cc1. The van der Waals surface area contributed by atoms with Gasteiger partial charge in [0, 0.05) is 17.1 Å². The van der Waals surface area contributed by atoms with Gasteiger partial charge in [0.05, 0.1) is 0 Å². The maximum atomic E-state index is 2.42. The highest BCUT2D eigenvalue weighted by Gasteiger charge is 2.18. The van der Waals surface area contributed by atoms with Gasteiger partial charge < -0.3 is 4.90 Å². The first-order valence-corrected chi connectivity index (χ1v) is 18.9. The number of hydrogen-bond acceptors (Lipinski definition) is 1. The minimum Gasteiger partial charge on any atom is -0.310 e. The van der Waals surface area contributed by atoms with Crippen LogP contribution in [0.5, 0.6) is 0 Å². The van der Waals surface area contributed by atoms with Gasteiger partial charge in [-0.25, -0.2) is 0 Å². The Morgan fingerprint density at radius 2 is 0.709 bits per heavy atom. The molecule has 0 N–H and O–H groups in total. The lowest BCUT2D eigenvalue weighted by atomic mass is 9.93. The summed E-state index contributed by atoms with van der Waals surface area (Å²) < 4.78 is 0. The molecule has 0 saturated heterocycles. The van der Waals surface area contributed by atoms with E-state index >= 15 is 0 Å². The van der Waals surface area contributed by atoms with Gasteiger partial charge in [0.25, 0.3) is 0 Å². The second kappa shape index (κ2) is 14.0. The Labute approximate surface area is 322 Å². The topological polar surface area (TPSA) is 3.24 Å². The quantitative estimate of drug-likeness (QED) is 0.150. The molecule has 0 aromatic heterocycles. The highest BCUT2D eigenvalue weighted by Crippen LogP contribution is 2.43. The molecule has 0 spiro atoms. The Morgan fingerprint density at radius 3 is 1.47 bits per heavy atom. The van der Waals surface area contributed by atoms with Gasteiger partial charge in [0.2, 0.25) is 0 Å². The fourth-order valence-corrected chi connectivity index (χ4v) is 8.05. The van der Waals surface area contributed by atoms with E-state index in [0.717, 1.165) is 17.1 Å². The fourth-order valence-electron chi connectivity index (χ4n) is 8.05. The maximum Gasteiger partial charge on any atom is 0.0468 e. The van der Waals surface area contributed by atoms with Gasteiger partial charge in [-0.05, 0) is 125 Å². The zero-order valence-electron chi connectivity index (χ0n) is 30.3. The molecule has 0 fully saturated rings. The molecule has 0 bridgehead atoms. The molecule has 0 unspecified atom stereocenters. The van der Waals surface area contributed by atoms with Crippen LogP contribution in [0.15, 0.2) is 224 Å². The van der Waals surface area contributed by atoms with Gasteiger partial charge >= 0.3 is 0 Å². The molecule has 10 aromatic rings. The molecule has 55 heavy (non-hydrogen) atoms. The minimum atomic E-state index is 1.10. The standard InChI is InChI=1S/C54H37N/c1-3-14-39(15-4-1)52-32-31-50(37-53(52)40-16-5-2-6-17-40)55(49-30-29-42-27-26-41-18-9-10-24-51(41)54(42)36-49)48-23-12-22-46(35-48)44-20-11-21-45(34-44)47-28-25-38-13-7-8-19-43(38)33-47/h1-37H. The van der Waals surface area contributed by atoms with Crippen molar-refractivity contribution < 1.29 is 0 Å². The van der Waals surface area contributed by atoms with Crippen molar-refractivity contribution in [2.45, 2.75) is 0 Å². The van der Waals surface area contributed by atoms with Crippen LogP contribution in [0.25, 0.3) is 76.8 Å². The molecular weight excluding hydrogens is 663 g/mol. The largest absolute Gasteiger partial charge is 0.310 e. The summed E-state index contributed by atoms with van der Waals surface area (Å²) in [5.74, 6) is 0. The summed E-state index contributed by atoms with van der Waals surface area (Å²) >= 11 is 0. The molecular formula is C54H37N. The molecule has 10 rings (SSSR count). The third kappa shape index (κ3) is 6.22. The predicted octanol–water partition coefficient (Wildman–Crippen LogP) is 15.3. The van der Waals surface area contributed by atoms with E-state index in [2.05, 4.69) is 229 Å². The Bertz CT molecular complexity index is 2980. The maximum absolute atomic E-state index is 2.42. The smallest absolute Gasteiger partial charge is 0.0468 e. The first kappa shape index (κ1) is 32.4. The van der Waals surface area contributed by atoms with Crippen LogP contribution in [-0.2, 0) is 0 Å². The molecule has 0 aliphatic rings. The summed E-state index contributed by atoms with van der Waals surface area (Å²) in [4.78, 5) is 2.42. The molecule has 1 heteroatoms. The van der Waals surface area contributed by atoms with Crippen LogP contribution in [0.1, 0.15) is 0 Å². The lowest BCUT2D eigenvalue weighted by Gasteiger charge is -2.28. The van der Waals surface area contributed by atoms with Gasteiger partial charge in [-0.2, -0.15) is 0 Å². The van der Waals surface area contributed by atoms with Gasteiger partial charge in [-0.1, -0.05) is 176 Å². The van der Waals surface area contributed by atoms with Gasteiger partial charge in [-0.3, -0.25) is 0 Å². The van der Waals surface area contributed by atoms with E-state index in [0.29, 0.717) is 0 Å². The summed E-state index contributed by atoms with van der Waals surface area (Å²) in [5.41, 5.74) is 12.9. The molecule has 0 atom stereocenters. The zero-order valence-corrected chi connectivity index (χ0v) is 30.3. The Hall–Kier alpha value is -7.22. The first-order valence-electron chi connectivity index (χ1n) is 18.9. The third-order valence-electron chi connectivity index (χ3n) is 10.8. The normalized spacial score (nSPS) is 11.3. The molecule has 1 nitrogen and oxygen atoms in total. The number of rotatable bonds is 7. The number of benzene rings is 10. The summed E-state index contributed by atoms with van der Waals surface area (Å²) in [5, 5.41) is 7.47. The van der Waals surface area contributed by atoms with E-state index < -0.39 is 0 Å². The lowest BCUT2D eigenvalue weighted by Crippen LogP contribution is -2.10. The molecule has 10 aromatic carbocycles. The monoisotopic (exact) mass is 699 g/mol. The second-order valence-corrected chi connectivity index (χ2v) is 14.2. The summed E-state index contributed by atoms with van der Waals surface area (Å²) in [6.45, 7) is 0. The van der Waals surface area contributed by atoms with Crippen molar-refractivity contribution in [1.29, 1.82) is 0 Å². The lowest BCUT2D eigenvalue weighted by molar-refractivity contribution is 1.29. The van der Waals surface area contributed by atoms with E-state index in [1.807, 2.05) is 0 Å². The molecule has 0 saturated carbocycles. The Balaban J connectivity index is 1.15. The van der Waals surface area contributed by atoms with Crippen molar-refractivity contribution in [3.05, 3.63) is 224 Å². The van der Waals surface area contributed by atoms with Crippen LogP contribution < -0.4 is 4.90 Å². The molecule has 0 heterocycles. The van der Waals surface area contributed by atoms with Crippen molar-refractivity contribution in [2.75, 3.05) is 4.90 Å². The van der Waals surface area contributed by atoms with E-state index in [1.165, 1.54) is 76.8 Å². The van der Waals surface area contributed by atoms with Gasteiger partial charge in [-0.15, -0.1) is 0 Å². The van der Waals surface area contributed by atoms with E-state index in [1.54, 1.807) is 0 Å². The highest BCUT2D eigenvalue weighted by atomic mass is 15.1. The number of nitrogens with zero attached hydrogens (tertiary/aromatic N) is 1. The first-order chi connectivity index (χ1) is 27.2. The van der Waals surface area contributed by atoms with Crippen molar-refractivity contribution in [3.63, 3.8) is 0 Å². The average Bonchev–Trinajstić information content (AvgIpc) is 3.27.